The summed E-state index contributed by atoms with van der Waals surface area (Å²) in [5, 5.41) is 9.03. The molecule has 0 atom stereocenters. The number of carbonyl (C=O) groups is 2. The normalized spacial score (nSPS) is 11.2. The van der Waals surface area contributed by atoms with E-state index in [4.69, 9.17) is 14.3 Å². The molecule has 0 saturated heterocycles. The van der Waals surface area contributed by atoms with Crippen molar-refractivity contribution in [2.75, 3.05) is 0 Å². The molecule has 30 heavy (non-hydrogen) atoms. The maximum Gasteiger partial charge on any atom is 0.371 e. The van der Waals surface area contributed by atoms with Gasteiger partial charge in [0.2, 0.25) is 5.76 Å². The Morgan fingerprint density at radius 1 is 0.867 bits per heavy atom. The standard InChI is InChI=1S/C24H22O6/c1-24(2,3)30-21(25)14-15-8-4-5-9-16(15)17-10-6-7-11-18(17)19-12-13-20(22(26)27)29-23(19)28/h4-13H,14H2,1-3H3,(H,26,27). The van der Waals surface area contributed by atoms with Gasteiger partial charge in [-0.1, -0.05) is 48.5 Å². The van der Waals surface area contributed by atoms with Crippen LogP contribution < -0.4 is 5.63 Å². The van der Waals surface area contributed by atoms with Gasteiger partial charge in [-0.15, -0.1) is 0 Å². The lowest BCUT2D eigenvalue weighted by atomic mass is 9.91. The van der Waals surface area contributed by atoms with E-state index < -0.39 is 23.0 Å². The molecular formula is C24H22O6. The zero-order valence-electron chi connectivity index (χ0n) is 17.0. The van der Waals surface area contributed by atoms with Crippen LogP contribution in [-0.4, -0.2) is 22.6 Å². The second kappa shape index (κ2) is 8.37. The third-order valence-electron chi connectivity index (χ3n) is 4.31. The number of esters is 1. The van der Waals surface area contributed by atoms with Crippen LogP contribution in [-0.2, 0) is 16.0 Å². The second-order valence-electron chi connectivity index (χ2n) is 7.77. The summed E-state index contributed by atoms with van der Waals surface area (Å²) in [5.41, 5.74) is 1.75. The minimum absolute atomic E-state index is 0.0777. The highest BCUT2D eigenvalue weighted by Crippen LogP contribution is 2.33. The Labute approximate surface area is 173 Å². The summed E-state index contributed by atoms with van der Waals surface area (Å²) in [6, 6.07) is 17.3. The molecule has 1 N–H and O–H groups in total. The Morgan fingerprint density at radius 3 is 2.00 bits per heavy atom. The first-order valence-electron chi connectivity index (χ1n) is 9.42. The minimum Gasteiger partial charge on any atom is -0.475 e. The van der Waals surface area contributed by atoms with Crippen molar-refractivity contribution < 1.29 is 23.8 Å². The molecule has 0 fully saturated rings. The summed E-state index contributed by atoms with van der Waals surface area (Å²) in [6.45, 7) is 5.44. The molecule has 3 aromatic rings. The molecule has 6 nitrogen and oxygen atoms in total. The lowest BCUT2D eigenvalue weighted by Crippen LogP contribution is -2.25. The molecule has 0 aliphatic heterocycles. The van der Waals surface area contributed by atoms with Crippen LogP contribution in [0.3, 0.4) is 0 Å². The molecule has 0 bridgehead atoms. The average molecular weight is 406 g/mol. The van der Waals surface area contributed by atoms with Gasteiger partial charge in [-0.25, -0.2) is 9.59 Å². The number of ether oxygens (including phenoxy) is 1. The van der Waals surface area contributed by atoms with Crippen molar-refractivity contribution in [1.82, 2.24) is 0 Å². The van der Waals surface area contributed by atoms with E-state index in [1.807, 2.05) is 57.2 Å². The zero-order chi connectivity index (χ0) is 21.9. The molecule has 6 heteroatoms. The summed E-state index contributed by atoms with van der Waals surface area (Å²) in [5.74, 6) is -2.08. The third-order valence-corrected chi connectivity index (χ3v) is 4.31. The van der Waals surface area contributed by atoms with E-state index in [1.165, 1.54) is 12.1 Å². The lowest BCUT2D eigenvalue weighted by molar-refractivity contribution is -0.153. The number of hydrogen-bond acceptors (Lipinski definition) is 5. The van der Waals surface area contributed by atoms with Crippen LogP contribution in [0.1, 0.15) is 36.9 Å². The van der Waals surface area contributed by atoms with Crippen LogP contribution >= 0.6 is 0 Å². The minimum atomic E-state index is -1.31. The second-order valence-corrected chi connectivity index (χ2v) is 7.77. The predicted molar refractivity (Wildman–Crippen MR) is 112 cm³/mol. The number of carbonyl (C=O) groups excluding carboxylic acids is 1. The van der Waals surface area contributed by atoms with E-state index in [1.54, 1.807) is 12.1 Å². The molecule has 0 radical (unpaired) electrons. The van der Waals surface area contributed by atoms with Gasteiger partial charge in [0.25, 0.3) is 0 Å². The van der Waals surface area contributed by atoms with Gasteiger partial charge in [0.05, 0.1) is 12.0 Å². The van der Waals surface area contributed by atoms with Crippen LogP contribution in [0.2, 0.25) is 0 Å². The predicted octanol–water partition coefficient (Wildman–Crippen LogP) is 4.56. The SMILES string of the molecule is CC(C)(C)OC(=O)Cc1ccccc1-c1ccccc1-c1ccc(C(=O)O)oc1=O. The lowest BCUT2D eigenvalue weighted by Gasteiger charge is -2.20. The van der Waals surface area contributed by atoms with Crippen LogP contribution in [0.15, 0.2) is 69.9 Å². The van der Waals surface area contributed by atoms with Crippen molar-refractivity contribution in [2.24, 2.45) is 0 Å². The molecule has 2 aromatic carbocycles. The first kappa shape index (κ1) is 21.0. The highest BCUT2D eigenvalue weighted by Gasteiger charge is 2.20. The topological polar surface area (TPSA) is 93.8 Å². The monoisotopic (exact) mass is 406 g/mol. The Balaban J connectivity index is 2.07. The van der Waals surface area contributed by atoms with Gasteiger partial charge in [-0.2, -0.15) is 0 Å². The summed E-state index contributed by atoms with van der Waals surface area (Å²) >= 11 is 0. The smallest absolute Gasteiger partial charge is 0.371 e. The molecule has 0 aliphatic rings. The Morgan fingerprint density at radius 2 is 1.43 bits per heavy atom. The molecule has 0 saturated carbocycles. The highest BCUT2D eigenvalue weighted by molar-refractivity contribution is 5.88. The molecule has 1 aromatic heterocycles. The fourth-order valence-corrected chi connectivity index (χ4v) is 3.15. The largest absolute Gasteiger partial charge is 0.475 e. The van der Waals surface area contributed by atoms with E-state index in [0.29, 0.717) is 5.56 Å². The molecule has 3 rings (SSSR count). The summed E-state index contributed by atoms with van der Waals surface area (Å²) in [4.78, 5) is 35.9. The van der Waals surface area contributed by atoms with Gasteiger partial charge in [-0.05, 0) is 55.2 Å². The number of benzene rings is 2. The maximum atomic E-state index is 12.4. The number of aromatic carboxylic acids is 1. The Bertz CT molecular complexity index is 1150. The van der Waals surface area contributed by atoms with Crippen molar-refractivity contribution in [3.8, 4) is 22.3 Å². The van der Waals surface area contributed by atoms with Gasteiger partial charge >= 0.3 is 17.6 Å². The van der Waals surface area contributed by atoms with Crippen LogP contribution in [0.4, 0.5) is 0 Å². The number of hydrogen-bond donors (Lipinski definition) is 1. The summed E-state index contributed by atoms with van der Waals surface area (Å²) in [6.07, 6.45) is 0.0777. The van der Waals surface area contributed by atoms with Gasteiger partial charge in [0.15, 0.2) is 0 Å². The summed E-state index contributed by atoms with van der Waals surface area (Å²) in [7, 11) is 0. The van der Waals surface area contributed by atoms with Gasteiger partial charge < -0.3 is 14.3 Å². The number of carboxylic acid groups (broad SMARTS) is 1. The summed E-state index contributed by atoms with van der Waals surface area (Å²) < 4.78 is 10.4. The third kappa shape index (κ3) is 4.84. The Hall–Kier alpha value is -3.67. The van der Waals surface area contributed by atoms with Gasteiger partial charge in [0.1, 0.15) is 5.60 Å². The average Bonchev–Trinajstić information content (AvgIpc) is 2.67. The van der Waals surface area contributed by atoms with Crippen molar-refractivity contribution in [3.63, 3.8) is 0 Å². The van der Waals surface area contributed by atoms with Gasteiger partial charge in [-0.3, -0.25) is 4.79 Å². The van der Waals surface area contributed by atoms with E-state index in [-0.39, 0.29) is 18.0 Å². The first-order valence-corrected chi connectivity index (χ1v) is 9.42. The number of carboxylic acids is 1. The zero-order valence-corrected chi connectivity index (χ0v) is 17.0. The van der Waals surface area contributed by atoms with E-state index in [0.717, 1.165) is 16.7 Å². The molecule has 0 amide bonds. The molecule has 0 spiro atoms. The highest BCUT2D eigenvalue weighted by atomic mass is 16.6. The first-order chi connectivity index (χ1) is 14.2. The van der Waals surface area contributed by atoms with Crippen molar-refractivity contribution in [3.05, 3.63) is 82.4 Å². The maximum absolute atomic E-state index is 12.4. The Kier molecular flexibility index (Phi) is 5.87. The molecular weight excluding hydrogens is 384 g/mol. The van der Waals surface area contributed by atoms with Crippen molar-refractivity contribution >= 4 is 11.9 Å². The van der Waals surface area contributed by atoms with Gasteiger partial charge in [0, 0.05) is 0 Å². The van der Waals surface area contributed by atoms with E-state index in [9.17, 15) is 14.4 Å². The quantitative estimate of drug-likeness (QED) is 0.625. The van der Waals surface area contributed by atoms with Crippen molar-refractivity contribution in [1.29, 1.82) is 0 Å². The van der Waals surface area contributed by atoms with Crippen LogP contribution in [0.5, 0.6) is 0 Å². The molecule has 0 unspecified atom stereocenters. The number of rotatable bonds is 5. The fraction of sp³-hybridized carbons (Fsp3) is 0.208. The van der Waals surface area contributed by atoms with E-state index >= 15 is 0 Å². The van der Waals surface area contributed by atoms with Crippen molar-refractivity contribution in [2.45, 2.75) is 32.8 Å². The van der Waals surface area contributed by atoms with E-state index in [2.05, 4.69) is 0 Å². The van der Waals surface area contributed by atoms with Crippen LogP contribution in [0, 0.1) is 0 Å². The van der Waals surface area contributed by atoms with Crippen LogP contribution in [0.25, 0.3) is 22.3 Å². The fourth-order valence-electron chi connectivity index (χ4n) is 3.15. The molecule has 0 aliphatic carbocycles. The molecule has 154 valence electrons. The molecule has 1 heterocycles.